The van der Waals surface area contributed by atoms with Crippen molar-refractivity contribution in [1.82, 2.24) is 10.2 Å². The Bertz CT molecular complexity index is 1020. The Morgan fingerprint density at radius 2 is 1.59 bits per heavy atom. The maximum atomic E-state index is 12.4. The standard InChI is InChI=1S/C18H18IN5O2S/c1-24(2)16-11-18(22-20-12-16)21-14-5-7-15(8-6-14)23-27(25,26)17-9-3-13(19)4-10-17/h3-12,23H,1-2H3,(H,21,22). The van der Waals surface area contributed by atoms with Crippen molar-refractivity contribution in [3.05, 3.63) is 64.4 Å². The highest BCUT2D eigenvalue weighted by Crippen LogP contribution is 2.22. The molecule has 0 saturated heterocycles. The van der Waals surface area contributed by atoms with Crippen molar-refractivity contribution in [3.63, 3.8) is 0 Å². The molecule has 0 unspecified atom stereocenters. The predicted molar refractivity (Wildman–Crippen MR) is 116 cm³/mol. The summed E-state index contributed by atoms with van der Waals surface area (Å²) in [4.78, 5) is 2.16. The first-order valence-corrected chi connectivity index (χ1v) is 10.6. The summed E-state index contributed by atoms with van der Waals surface area (Å²) in [6.45, 7) is 0. The monoisotopic (exact) mass is 495 g/mol. The molecule has 0 spiro atoms. The van der Waals surface area contributed by atoms with E-state index in [1.807, 2.05) is 25.1 Å². The molecule has 9 heteroatoms. The van der Waals surface area contributed by atoms with Gasteiger partial charge in [0, 0.05) is 35.1 Å². The number of hydrogen-bond acceptors (Lipinski definition) is 6. The quantitative estimate of drug-likeness (QED) is 0.508. The van der Waals surface area contributed by atoms with Crippen LogP contribution in [-0.4, -0.2) is 32.7 Å². The number of nitrogens with zero attached hydrogens (tertiary/aromatic N) is 3. The number of benzene rings is 2. The molecule has 0 bridgehead atoms. The fourth-order valence-corrected chi connectivity index (χ4v) is 3.68. The van der Waals surface area contributed by atoms with Gasteiger partial charge in [-0.05, 0) is 71.1 Å². The van der Waals surface area contributed by atoms with Crippen molar-refractivity contribution in [1.29, 1.82) is 0 Å². The van der Waals surface area contributed by atoms with Gasteiger partial charge in [0.25, 0.3) is 10.0 Å². The topological polar surface area (TPSA) is 87.2 Å². The zero-order chi connectivity index (χ0) is 19.4. The van der Waals surface area contributed by atoms with Crippen LogP contribution in [0.25, 0.3) is 0 Å². The van der Waals surface area contributed by atoms with Gasteiger partial charge in [0.1, 0.15) is 0 Å². The first-order chi connectivity index (χ1) is 12.8. The third-order valence-corrected chi connectivity index (χ3v) is 5.81. The molecule has 7 nitrogen and oxygen atoms in total. The minimum absolute atomic E-state index is 0.223. The number of halogens is 1. The van der Waals surface area contributed by atoms with E-state index in [4.69, 9.17) is 0 Å². The summed E-state index contributed by atoms with van der Waals surface area (Å²) in [5, 5.41) is 11.2. The molecular formula is C18H18IN5O2S. The van der Waals surface area contributed by atoms with Crippen molar-refractivity contribution >= 4 is 55.5 Å². The van der Waals surface area contributed by atoms with E-state index >= 15 is 0 Å². The average Bonchev–Trinajstić information content (AvgIpc) is 2.64. The molecule has 0 aliphatic rings. The van der Waals surface area contributed by atoms with Gasteiger partial charge in [-0.2, -0.15) is 5.10 Å². The van der Waals surface area contributed by atoms with Gasteiger partial charge in [-0.1, -0.05) is 0 Å². The highest BCUT2D eigenvalue weighted by atomic mass is 127. The summed E-state index contributed by atoms with van der Waals surface area (Å²) in [5.41, 5.74) is 2.18. The van der Waals surface area contributed by atoms with Crippen LogP contribution in [0.15, 0.2) is 65.7 Å². The van der Waals surface area contributed by atoms with Crippen LogP contribution >= 0.6 is 22.6 Å². The molecule has 2 aromatic carbocycles. The molecule has 0 aliphatic carbocycles. The van der Waals surface area contributed by atoms with Crippen molar-refractivity contribution in [2.45, 2.75) is 4.90 Å². The van der Waals surface area contributed by atoms with E-state index in [-0.39, 0.29) is 4.90 Å². The first-order valence-electron chi connectivity index (χ1n) is 7.99. The molecule has 1 heterocycles. The van der Waals surface area contributed by atoms with E-state index in [0.717, 1.165) is 14.9 Å². The van der Waals surface area contributed by atoms with Gasteiger partial charge >= 0.3 is 0 Å². The van der Waals surface area contributed by atoms with Gasteiger partial charge in [0.15, 0.2) is 5.82 Å². The first kappa shape index (κ1) is 19.4. The number of aromatic nitrogens is 2. The van der Waals surface area contributed by atoms with Crippen LogP contribution in [0.1, 0.15) is 0 Å². The SMILES string of the molecule is CN(C)c1cnnc(Nc2ccc(NS(=O)(=O)c3ccc(I)cc3)cc2)c1. The van der Waals surface area contributed by atoms with E-state index in [0.29, 0.717) is 11.5 Å². The normalized spacial score (nSPS) is 11.1. The summed E-state index contributed by atoms with van der Waals surface area (Å²) in [6, 6.07) is 15.5. The summed E-state index contributed by atoms with van der Waals surface area (Å²) in [5.74, 6) is 0.605. The van der Waals surface area contributed by atoms with Crippen LogP contribution in [0, 0.1) is 3.57 Å². The molecule has 2 N–H and O–H groups in total. The average molecular weight is 495 g/mol. The van der Waals surface area contributed by atoms with E-state index in [1.165, 1.54) is 0 Å². The Hall–Kier alpha value is -2.40. The molecule has 0 amide bonds. The molecule has 1 aromatic heterocycles. The van der Waals surface area contributed by atoms with Gasteiger partial charge in [-0.15, -0.1) is 5.10 Å². The van der Waals surface area contributed by atoms with E-state index in [2.05, 4.69) is 42.8 Å². The molecule has 0 fully saturated rings. The lowest BCUT2D eigenvalue weighted by atomic mass is 10.3. The van der Waals surface area contributed by atoms with Crippen LogP contribution < -0.4 is 14.9 Å². The molecule has 0 aliphatic heterocycles. The lowest BCUT2D eigenvalue weighted by Crippen LogP contribution is -2.12. The summed E-state index contributed by atoms with van der Waals surface area (Å²) < 4.78 is 28.4. The second-order valence-electron chi connectivity index (χ2n) is 5.96. The predicted octanol–water partition coefficient (Wildman–Crippen LogP) is 3.69. The van der Waals surface area contributed by atoms with Gasteiger partial charge in [0.05, 0.1) is 16.8 Å². The second kappa shape index (κ2) is 8.09. The molecule has 0 atom stereocenters. The minimum atomic E-state index is -3.62. The Balaban J connectivity index is 1.72. The second-order valence-corrected chi connectivity index (χ2v) is 8.88. The Morgan fingerprint density at radius 1 is 0.963 bits per heavy atom. The molecule has 140 valence electrons. The maximum absolute atomic E-state index is 12.4. The lowest BCUT2D eigenvalue weighted by Gasteiger charge is -2.13. The molecular weight excluding hydrogens is 477 g/mol. The van der Waals surface area contributed by atoms with E-state index in [1.54, 1.807) is 54.7 Å². The zero-order valence-electron chi connectivity index (χ0n) is 14.7. The largest absolute Gasteiger partial charge is 0.376 e. The number of hydrogen-bond donors (Lipinski definition) is 2. The number of anilines is 4. The Kier molecular flexibility index (Phi) is 5.80. The summed E-state index contributed by atoms with van der Waals surface area (Å²) >= 11 is 2.13. The number of nitrogens with one attached hydrogen (secondary N) is 2. The highest BCUT2D eigenvalue weighted by Gasteiger charge is 2.13. The van der Waals surface area contributed by atoms with Gasteiger partial charge in [-0.3, -0.25) is 4.72 Å². The van der Waals surface area contributed by atoms with E-state index < -0.39 is 10.0 Å². The van der Waals surface area contributed by atoms with Crippen molar-refractivity contribution in [2.75, 3.05) is 29.0 Å². The Morgan fingerprint density at radius 3 is 2.22 bits per heavy atom. The van der Waals surface area contributed by atoms with Gasteiger partial charge in [0.2, 0.25) is 0 Å². The highest BCUT2D eigenvalue weighted by molar-refractivity contribution is 14.1. The van der Waals surface area contributed by atoms with Crippen LogP contribution in [0.5, 0.6) is 0 Å². The van der Waals surface area contributed by atoms with Gasteiger partial charge in [-0.25, -0.2) is 8.42 Å². The maximum Gasteiger partial charge on any atom is 0.261 e. The van der Waals surface area contributed by atoms with Crippen LogP contribution in [0.4, 0.5) is 22.9 Å². The summed E-state index contributed by atoms with van der Waals surface area (Å²) in [7, 11) is 0.233. The van der Waals surface area contributed by atoms with E-state index in [9.17, 15) is 8.42 Å². The lowest BCUT2D eigenvalue weighted by molar-refractivity contribution is 0.601. The molecule has 0 saturated carbocycles. The molecule has 27 heavy (non-hydrogen) atoms. The Labute approximate surface area is 172 Å². The van der Waals surface area contributed by atoms with Crippen LogP contribution in [0.3, 0.4) is 0 Å². The summed E-state index contributed by atoms with van der Waals surface area (Å²) in [6.07, 6.45) is 1.67. The van der Waals surface area contributed by atoms with Crippen LogP contribution in [-0.2, 0) is 10.0 Å². The van der Waals surface area contributed by atoms with Crippen molar-refractivity contribution in [2.24, 2.45) is 0 Å². The molecule has 0 radical (unpaired) electrons. The third-order valence-electron chi connectivity index (χ3n) is 3.69. The number of rotatable bonds is 6. The number of sulfonamides is 1. The third kappa shape index (κ3) is 5.07. The van der Waals surface area contributed by atoms with Gasteiger partial charge < -0.3 is 10.2 Å². The minimum Gasteiger partial charge on any atom is -0.376 e. The molecule has 3 rings (SSSR count). The smallest absolute Gasteiger partial charge is 0.261 e. The van der Waals surface area contributed by atoms with Crippen LogP contribution in [0.2, 0.25) is 0 Å². The fourth-order valence-electron chi connectivity index (χ4n) is 2.26. The van der Waals surface area contributed by atoms with Crippen molar-refractivity contribution in [3.8, 4) is 0 Å². The molecule has 3 aromatic rings. The zero-order valence-corrected chi connectivity index (χ0v) is 17.7. The fraction of sp³-hybridized carbons (Fsp3) is 0.111. The van der Waals surface area contributed by atoms with Crippen molar-refractivity contribution < 1.29 is 8.42 Å².